The standard InChI is InChI=1S/C22H26N4O2S/c1-12-8-9-16-23-20-17(21(27)26(16)11-10-12)15(4)19(29-20)25-22(28)24-18-13(2)6-5-7-14(18)3/h5-7,12H,8-11H2,1-4H3,(H2,24,25,28)/t12-/m1/s1. The van der Waals surface area contributed by atoms with E-state index in [4.69, 9.17) is 4.98 Å². The van der Waals surface area contributed by atoms with E-state index < -0.39 is 0 Å². The number of hydrogen-bond acceptors (Lipinski definition) is 4. The first-order valence-corrected chi connectivity index (χ1v) is 10.8. The first-order valence-electron chi connectivity index (χ1n) is 10.0. The molecule has 0 saturated carbocycles. The van der Waals surface area contributed by atoms with Gasteiger partial charge in [0.1, 0.15) is 15.7 Å². The average Bonchev–Trinajstić information content (AvgIpc) is 2.84. The van der Waals surface area contributed by atoms with Crippen LogP contribution in [-0.2, 0) is 13.0 Å². The van der Waals surface area contributed by atoms with Crippen LogP contribution in [0.1, 0.15) is 42.3 Å². The summed E-state index contributed by atoms with van der Waals surface area (Å²) in [5, 5.41) is 7.14. The maximum Gasteiger partial charge on any atom is 0.324 e. The Kier molecular flexibility index (Phi) is 5.17. The smallest absolute Gasteiger partial charge is 0.307 e. The quantitative estimate of drug-likeness (QED) is 0.624. The van der Waals surface area contributed by atoms with Crippen LogP contribution in [0.15, 0.2) is 23.0 Å². The number of aryl methyl sites for hydroxylation is 4. The van der Waals surface area contributed by atoms with Gasteiger partial charge in [0.25, 0.3) is 5.56 Å². The fraction of sp³-hybridized carbons (Fsp3) is 0.409. The minimum atomic E-state index is -0.312. The first kappa shape index (κ1) is 19.6. The SMILES string of the molecule is Cc1cccc(C)c1NC(=O)Nc1sc2nc3n(c(=O)c2c1C)CC[C@H](C)CC3. The molecule has 2 amide bonds. The maximum absolute atomic E-state index is 13.1. The molecule has 0 unspecified atom stereocenters. The van der Waals surface area contributed by atoms with E-state index in [9.17, 15) is 9.59 Å². The number of anilines is 2. The molecule has 4 rings (SSSR count). The topological polar surface area (TPSA) is 76.0 Å². The number of carbonyl (C=O) groups excluding carboxylic acids is 1. The summed E-state index contributed by atoms with van der Waals surface area (Å²) in [6.45, 7) is 8.74. The van der Waals surface area contributed by atoms with Crippen molar-refractivity contribution in [3.8, 4) is 0 Å². The molecule has 0 spiro atoms. The highest BCUT2D eigenvalue weighted by Gasteiger charge is 2.21. The van der Waals surface area contributed by atoms with Gasteiger partial charge in [0.05, 0.1) is 5.39 Å². The number of nitrogens with zero attached hydrogens (tertiary/aromatic N) is 2. The molecule has 0 radical (unpaired) electrons. The summed E-state index contributed by atoms with van der Waals surface area (Å²) in [6.07, 6.45) is 2.86. The third-order valence-electron chi connectivity index (χ3n) is 5.78. The van der Waals surface area contributed by atoms with E-state index >= 15 is 0 Å². The number of amides is 2. The van der Waals surface area contributed by atoms with E-state index in [2.05, 4.69) is 17.6 Å². The van der Waals surface area contributed by atoms with Gasteiger partial charge in [-0.25, -0.2) is 9.78 Å². The van der Waals surface area contributed by atoms with Crippen molar-refractivity contribution in [1.29, 1.82) is 0 Å². The van der Waals surface area contributed by atoms with E-state index in [1.807, 2.05) is 43.5 Å². The highest BCUT2D eigenvalue weighted by Crippen LogP contribution is 2.33. The van der Waals surface area contributed by atoms with Gasteiger partial charge in [0, 0.05) is 18.7 Å². The molecule has 0 aliphatic carbocycles. The van der Waals surface area contributed by atoms with Crippen molar-refractivity contribution in [2.75, 3.05) is 10.6 Å². The Balaban J connectivity index is 1.65. The van der Waals surface area contributed by atoms with E-state index in [0.717, 1.165) is 47.5 Å². The predicted molar refractivity (Wildman–Crippen MR) is 119 cm³/mol. The number of urea groups is 1. The van der Waals surface area contributed by atoms with E-state index in [1.54, 1.807) is 0 Å². The molecule has 1 aliphatic rings. The number of aromatic nitrogens is 2. The van der Waals surface area contributed by atoms with Gasteiger partial charge in [-0.1, -0.05) is 36.5 Å². The maximum atomic E-state index is 13.1. The molecule has 1 aromatic carbocycles. The van der Waals surface area contributed by atoms with Crippen LogP contribution in [0.3, 0.4) is 0 Å². The molecule has 152 valence electrons. The van der Waals surface area contributed by atoms with E-state index in [-0.39, 0.29) is 11.6 Å². The molecule has 1 aliphatic heterocycles. The first-order chi connectivity index (χ1) is 13.8. The summed E-state index contributed by atoms with van der Waals surface area (Å²) >= 11 is 1.37. The lowest BCUT2D eigenvalue weighted by molar-refractivity contribution is 0.262. The molecule has 2 aromatic heterocycles. The van der Waals surface area contributed by atoms with Gasteiger partial charge in [-0.3, -0.25) is 14.7 Å². The molecule has 6 nitrogen and oxygen atoms in total. The molecule has 3 aromatic rings. The second-order valence-corrected chi connectivity index (χ2v) is 9.00. The van der Waals surface area contributed by atoms with Gasteiger partial charge < -0.3 is 5.32 Å². The molecule has 0 bridgehead atoms. The Hall–Kier alpha value is -2.67. The number of hydrogen-bond donors (Lipinski definition) is 2. The van der Waals surface area contributed by atoms with Crippen molar-refractivity contribution in [1.82, 2.24) is 9.55 Å². The predicted octanol–water partition coefficient (Wildman–Crippen LogP) is 5.00. The number of thiophene rings is 1. The van der Waals surface area contributed by atoms with Gasteiger partial charge in [0.2, 0.25) is 0 Å². The summed E-state index contributed by atoms with van der Waals surface area (Å²) < 4.78 is 1.83. The van der Waals surface area contributed by atoms with Crippen LogP contribution < -0.4 is 16.2 Å². The molecule has 0 saturated heterocycles. The molecule has 29 heavy (non-hydrogen) atoms. The number of fused-ring (bicyclic) bond motifs is 2. The van der Waals surface area contributed by atoms with Crippen molar-refractivity contribution in [2.24, 2.45) is 5.92 Å². The van der Waals surface area contributed by atoms with Crippen LogP contribution in [0.5, 0.6) is 0 Å². The monoisotopic (exact) mass is 410 g/mol. The zero-order valence-electron chi connectivity index (χ0n) is 17.3. The third kappa shape index (κ3) is 3.67. The largest absolute Gasteiger partial charge is 0.324 e. The summed E-state index contributed by atoms with van der Waals surface area (Å²) in [5.41, 5.74) is 3.61. The lowest BCUT2D eigenvalue weighted by Crippen LogP contribution is -2.24. The van der Waals surface area contributed by atoms with Crippen LogP contribution in [-0.4, -0.2) is 15.6 Å². The van der Waals surface area contributed by atoms with Crippen molar-refractivity contribution in [3.05, 3.63) is 51.1 Å². The fourth-order valence-corrected chi connectivity index (χ4v) is 5.01. The molecule has 1 atom stereocenters. The second-order valence-electron chi connectivity index (χ2n) is 8.00. The highest BCUT2D eigenvalue weighted by atomic mass is 32.1. The third-order valence-corrected chi connectivity index (χ3v) is 6.88. The Morgan fingerprint density at radius 3 is 2.62 bits per heavy atom. The van der Waals surface area contributed by atoms with Crippen LogP contribution in [0.25, 0.3) is 10.2 Å². The van der Waals surface area contributed by atoms with Gasteiger partial charge in [-0.15, -0.1) is 0 Å². The van der Waals surface area contributed by atoms with E-state index in [1.165, 1.54) is 11.3 Å². The van der Waals surface area contributed by atoms with Gasteiger partial charge in [-0.05, 0) is 56.2 Å². The van der Waals surface area contributed by atoms with Crippen molar-refractivity contribution < 1.29 is 4.79 Å². The minimum Gasteiger partial charge on any atom is -0.307 e. The molecule has 3 heterocycles. The minimum absolute atomic E-state index is 0.0102. The summed E-state index contributed by atoms with van der Waals surface area (Å²) in [5.74, 6) is 1.46. The molecule has 0 fully saturated rings. The van der Waals surface area contributed by atoms with Crippen LogP contribution in [0.2, 0.25) is 0 Å². The Bertz CT molecular complexity index is 1140. The second kappa shape index (κ2) is 7.63. The summed E-state index contributed by atoms with van der Waals surface area (Å²) in [7, 11) is 0. The number of para-hydroxylation sites is 1. The normalized spacial score (nSPS) is 16.3. The molecule has 7 heteroatoms. The van der Waals surface area contributed by atoms with Crippen molar-refractivity contribution >= 4 is 38.3 Å². The van der Waals surface area contributed by atoms with Crippen LogP contribution in [0.4, 0.5) is 15.5 Å². The van der Waals surface area contributed by atoms with Gasteiger partial charge in [-0.2, -0.15) is 0 Å². The Morgan fingerprint density at radius 2 is 1.90 bits per heavy atom. The average molecular weight is 411 g/mol. The van der Waals surface area contributed by atoms with Gasteiger partial charge >= 0.3 is 6.03 Å². The Morgan fingerprint density at radius 1 is 1.17 bits per heavy atom. The number of nitrogens with one attached hydrogen (secondary N) is 2. The molecular formula is C22H26N4O2S. The zero-order valence-corrected chi connectivity index (χ0v) is 18.1. The van der Waals surface area contributed by atoms with Crippen LogP contribution >= 0.6 is 11.3 Å². The van der Waals surface area contributed by atoms with Gasteiger partial charge in [0.15, 0.2) is 0 Å². The number of rotatable bonds is 2. The van der Waals surface area contributed by atoms with Crippen molar-refractivity contribution in [3.63, 3.8) is 0 Å². The fourth-order valence-electron chi connectivity index (χ4n) is 3.93. The lowest BCUT2D eigenvalue weighted by Gasteiger charge is -2.12. The lowest BCUT2D eigenvalue weighted by atomic mass is 10.0. The Labute approximate surface area is 174 Å². The number of benzene rings is 1. The molecule has 2 N–H and O–H groups in total. The van der Waals surface area contributed by atoms with Crippen LogP contribution in [0, 0.1) is 26.7 Å². The summed E-state index contributed by atoms with van der Waals surface area (Å²) in [4.78, 5) is 31.2. The zero-order chi connectivity index (χ0) is 20.7. The highest BCUT2D eigenvalue weighted by molar-refractivity contribution is 7.22. The summed E-state index contributed by atoms with van der Waals surface area (Å²) in [6, 6.07) is 5.58. The van der Waals surface area contributed by atoms with Crippen molar-refractivity contribution in [2.45, 2.75) is 53.5 Å². The van der Waals surface area contributed by atoms with E-state index in [0.29, 0.717) is 27.7 Å². The number of carbonyl (C=O) groups is 1. The molecular weight excluding hydrogens is 384 g/mol.